The summed E-state index contributed by atoms with van der Waals surface area (Å²) in [5.74, 6) is 0. The molecule has 2 heteroatoms. The second-order valence-corrected chi connectivity index (χ2v) is 14.0. The Labute approximate surface area is 306 Å². The summed E-state index contributed by atoms with van der Waals surface area (Å²) in [6, 6.07) is 63.2. The fourth-order valence-electron chi connectivity index (χ4n) is 8.95. The zero-order chi connectivity index (χ0) is 34.5. The molecule has 52 heavy (non-hydrogen) atoms. The molecule has 0 unspecified atom stereocenters. The number of hydrogen-bond acceptors (Lipinski definition) is 1. The van der Waals surface area contributed by atoms with Crippen molar-refractivity contribution in [2.24, 2.45) is 0 Å². The number of anilines is 3. The fourth-order valence-corrected chi connectivity index (χ4v) is 8.95. The fraction of sp³-hybridized carbons (Fsp3) is 0.0400. The first kappa shape index (κ1) is 30.4. The van der Waals surface area contributed by atoms with Crippen molar-refractivity contribution in [1.29, 1.82) is 0 Å². The van der Waals surface area contributed by atoms with E-state index in [1.807, 2.05) is 0 Å². The van der Waals surface area contributed by atoms with E-state index in [0.29, 0.717) is 0 Å². The van der Waals surface area contributed by atoms with E-state index in [1.54, 1.807) is 0 Å². The summed E-state index contributed by atoms with van der Waals surface area (Å²) in [4.78, 5) is 2.50. The molecule has 0 bridgehead atoms. The molecular formula is C50H36BN. The van der Waals surface area contributed by atoms with Crippen molar-refractivity contribution in [1.82, 2.24) is 0 Å². The SMILES string of the molecule is B1c2ccccc2-c2cccc(N(c3ccc(C4=CCC=CC=C4)cc3)c3ccc4c(c3)C(c3ccccc3)(c3ccccc3)c3ccccc3-4)c21. The van der Waals surface area contributed by atoms with Gasteiger partial charge in [0.15, 0.2) is 7.28 Å². The summed E-state index contributed by atoms with van der Waals surface area (Å²) in [7, 11) is 0.912. The summed E-state index contributed by atoms with van der Waals surface area (Å²) in [5, 5.41) is 0. The van der Waals surface area contributed by atoms with E-state index in [4.69, 9.17) is 0 Å². The molecule has 244 valence electrons. The van der Waals surface area contributed by atoms with Crippen LogP contribution in [-0.4, -0.2) is 7.28 Å². The van der Waals surface area contributed by atoms with Crippen molar-refractivity contribution < 1.29 is 0 Å². The Balaban J connectivity index is 1.21. The van der Waals surface area contributed by atoms with Crippen molar-refractivity contribution in [2.75, 3.05) is 4.90 Å². The molecule has 0 fully saturated rings. The van der Waals surface area contributed by atoms with E-state index in [2.05, 4.69) is 205 Å². The zero-order valence-electron chi connectivity index (χ0n) is 28.9. The Morgan fingerprint density at radius 3 is 1.94 bits per heavy atom. The lowest BCUT2D eigenvalue weighted by Crippen LogP contribution is -2.29. The minimum atomic E-state index is -0.471. The monoisotopic (exact) mass is 661 g/mol. The third-order valence-corrected chi connectivity index (χ3v) is 11.2. The van der Waals surface area contributed by atoms with Gasteiger partial charge in [0.2, 0.25) is 0 Å². The third kappa shape index (κ3) is 4.72. The van der Waals surface area contributed by atoms with Gasteiger partial charge in [-0.1, -0.05) is 175 Å². The molecule has 7 aromatic carbocycles. The van der Waals surface area contributed by atoms with Gasteiger partial charge in [-0.15, -0.1) is 0 Å². The molecule has 0 atom stereocenters. The number of hydrogen-bond donors (Lipinski definition) is 0. The van der Waals surface area contributed by atoms with Gasteiger partial charge in [-0.3, -0.25) is 0 Å². The van der Waals surface area contributed by atoms with Crippen LogP contribution in [-0.2, 0) is 5.41 Å². The number of fused-ring (bicyclic) bond motifs is 6. The number of nitrogens with zero attached hydrogens (tertiary/aromatic N) is 1. The van der Waals surface area contributed by atoms with Gasteiger partial charge in [-0.05, 0) is 97.9 Å². The molecule has 0 amide bonds. The van der Waals surface area contributed by atoms with Gasteiger partial charge in [0.05, 0.1) is 5.41 Å². The van der Waals surface area contributed by atoms with Gasteiger partial charge >= 0.3 is 0 Å². The van der Waals surface area contributed by atoms with Crippen molar-refractivity contribution >= 4 is 40.8 Å². The first-order valence-electron chi connectivity index (χ1n) is 18.3. The highest BCUT2D eigenvalue weighted by Gasteiger charge is 2.46. The molecule has 0 N–H and O–H groups in total. The summed E-state index contributed by atoms with van der Waals surface area (Å²) in [5.41, 5.74) is 18.7. The van der Waals surface area contributed by atoms with Crippen LogP contribution in [0.15, 0.2) is 200 Å². The topological polar surface area (TPSA) is 3.24 Å². The van der Waals surface area contributed by atoms with Gasteiger partial charge in [0.25, 0.3) is 0 Å². The van der Waals surface area contributed by atoms with Gasteiger partial charge in [0.1, 0.15) is 0 Å². The largest absolute Gasteiger partial charge is 0.311 e. The van der Waals surface area contributed by atoms with Gasteiger partial charge in [-0.2, -0.15) is 0 Å². The van der Waals surface area contributed by atoms with Crippen molar-refractivity contribution in [3.8, 4) is 22.3 Å². The maximum atomic E-state index is 2.50. The van der Waals surface area contributed by atoms with E-state index in [-0.39, 0.29) is 0 Å². The number of benzene rings is 7. The minimum Gasteiger partial charge on any atom is -0.311 e. The molecule has 7 aromatic rings. The number of rotatable bonds is 6. The molecule has 0 spiro atoms. The van der Waals surface area contributed by atoms with Gasteiger partial charge < -0.3 is 4.90 Å². The van der Waals surface area contributed by atoms with Gasteiger partial charge in [0, 0.05) is 17.1 Å². The van der Waals surface area contributed by atoms with Crippen LogP contribution in [0.25, 0.3) is 27.8 Å². The molecule has 3 aliphatic rings. The van der Waals surface area contributed by atoms with E-state index in [0.717, 1.165) is 25.1 Å². The van der Waals surface area contributed by atoms with Crippen LogP contribution in [0.3, 0.4) is 0 Å². The van der Waals surface area contributed by atoms with Crippen molar-refractivity contribution in [3.63, 3.8) is 0 Å². The summed E-state index contributed by atoms with van der Waals surface area (Å²) >= 11 is 0. The molecule has 2 aliphatic carbocycles. The lowest BCUT2D eigenvalue weighted by Gasteiger charge is -2.35. The second-order valence-electron chi connectivity index (χ2n) is 14.0. The van der Waals surface area contributed by atoms with Crippen LogP contribution in [0.4, 0.5) is 17.1 Å². The Morgan fingerprint density at radius 1 is 0.500 bits per heavy atom. The minimum absolute atomic E-state index is 0.471. The Morgan fingerprint density at radius 2 is 1.15 bits per heavy atom. The first-order valence-corrected chi connectivity index (χ1v) is 18.3. The smallest absolute Gasteiger partial charge is 0.196 e. The molecule has 10 rings (SSSR count). The molecule has 0 radical (unpaired) electrons. The first-order chi connectivity index (χ1) is 25.8. The second kappa shape index (κ2) is 12.4. The highest BCUT2D eigenvalue weighted by Crippen LogP contribution is 2.57. The van der Waals surface area contributed by atoms with Gasteiger partial charge in [-0.25, -0.2) is 0 Å². The highest BCUT2D eigenvalue weighted by molar-refractivity contribution is 6.75. The quantitative estimate of drug-likeness (QED) is 0.160. The lowest BCUT2D eigenvalue weighted by molar-refractivity contribution is 0.768. The Bertz CT molecular complexity index is 2520. The van der Waals surface area contributed by atoms with Crippen LogP contribution < -0.4 is 15.8 Å². The molecule has 1 nitrogen and oxygen atoms in total. The summed E-state index contributed by atoms with van der Waals surface area (Å²) in [6.45, 7) is 0. The standard InChI is InChI=1S/C50H36BN/c1-2-6-17-35(16-5-1)36-28-30-39(31-29-36)52(48-27-15-24-44-43-23-12-14-26-47(43)51-49(44)48)40-32-33-42-41-22-11-13-25-45(41)50(46(42)34-40,37-18-7-3-8-19-37)38-20-9-4-10-21-38/h1-5,7-34,51H,6H2. The molecular weight excluding hydrogens is 625 g/mol. The average Bonchev–Trinajstić information content (AvgIpc) is 3.59. The van der Waals surface area contributed by atoms with E-state index < -0.39 is 5.41 Å². The maximum absolute atomic E-state index is 2.50. The van der Waals surface area contributed by atoms with E-state index in [9.17, 15) is 0 Å². The summed E-state index contributed by atoms with van der Waals surface area (Å²) in [6.07, 6.45) is 11.9. The van der Waals surface area contributed by atoms with Crippen LogP contribution >= 0.6 is 0 Å². The molecule has 0 saturated heterocycles. The van der Waals surface area contributed by atoms with E-state index in [1.165, 1.54) is 72.3 Å². The average molecular weight is 662 g/mol. The predicted molar refractivity (Wildman–Crippen MR) is 221 cm³/mol. The van der Waals surface area contributed by atoms with Crippen LogP contribution in [0, 0.1) is 0 Å². The van der Waals surface area contributed by atoms with Crippen LogP contribution in [0.2, 0.25) is 0 Å². The predicted octanol–water partition coefficient (Wildman–Crippen LogP) is 10.8. The van der Waals surface area contributed by atoms with Crippen molar-refractivity contribution in [3.05, 3.63) is 228 Å². The lowest BCUT2D eigenvalue weighted by atomic mass is 9.67. The maximum Gasteiger partial charge on any atom is 0.196 e. The third-order valence-electron chi connectivity index (χ3n) is 11.2. The van der Waals surface area contributed by atoms with Crippen LogP contribution in [0.5, 0.6) is 0 Å². The number of allylic oxidation sites excluding steroid dienone is 6. The van der Waals surface area contributed by atoms with Crippen LogP contribution in [0.1, 0.15) is 34.2 Å². The highest BCUT2D eigenvalue weighted by atomic mass is 15.1. The molecule has 0 aromatic heterocycles. The zero-order valence-corrected chi connectivity index (χ0v) is 28.9. The summed E-state index contributed by atoms with van der Waals surface area (Å²) < 4.78 is 0. The molecule has 1 aliphatic heterocycles. The Kier molecular flexibility index (Phi) is 7.28. The van der Waals surface area contributed by atoms with E-state index >= 15 is 0 Å². The normalized spacial score (nSPS) is 14.3. The Hall–Kier alpha value is -6.38. The van der Waals surface area contributed by atoms with Crippen molar-refractivity contribution in [2.45, 2.75) is 11.8 Å². The molecule has 1 heterocycles. The molecule has 0 saturated carbocycles.